The normalized spacial score (nSPS) is 21.3. The van der Waals surface area contributed by atoms with Crippen molar-refractivity contribution >= 4 is 29.5 Å². The highest BCUT2D eigenvalue weighted by Gasteiger charge is 2.16. The summed E-state index contributed by atoms with van der Waals surface area (Å²) in [5.41, 5.74) is 1.05. The van der Waals surface area contributed by atoms with E-state index in [1.165, 1.54) is 17.3 Å². The van der Waals surface area contributed by atoms with Crippen molar-refractivity contribution in [3.8, 4) is 0 Å². The van der Waals surface area contributed by atoms with Crippen LogP contribution in [0.2, 0.25) is 0 Å². The van der Waals surface area contributed by atoms with Crippen LogP contribution in [0.5, 0.6) is 0 Å². The van der Waals surface area contributed by atoms with E-state index in [1.807, 2.05) is 6.92 Å². The van der Waals surface area contributed by atoms with Gasteiger partial charge < -0.3 is 14.6 Å². The molecule has 2 heterocycles. The highest BCUT2D eigenvalue weighted by Crippen LogP contribution is 2.24. The topological polar surface area (TPSA) is 39.1 Å². The maximum absolute atomic E-state index is 5.23. The molecular formula is C13H23N3OS2. The van der Waals surface area contributed by atoms with Gasteiger partial charge in [0.15, 0.2) is 0 Å². The third-order valence-electron chi connectivity index (χ3n) is 3.11. The van der Waals surface area contributed by atoms with Crippen molar-refractivity contribution in [2.75, 3.05) is 42.8 Å². The van der Waals surface area contributed by atoms with Gasteiger partial charge in [0.1, 0.15) is 0 Å². The molecule has 0 bridgehead atoms. The number of nitrogens with one attached hydrogen (secondary N) is 1. The molecule has 0 aromatic carbocycles. The van der Waals surface area contributed by atoms with Gasteiger partial charge in [-0.15, -0.1) is 0 Å². The maximum Gasteiger partial charge on any atom is 0.203 e. The van der Waals surface area contributed by atoms with Crippen molar-refractivity contribution < 1.29 is 4.74 Å². The molecular weight excluding hydrogens is 278 g/mol. The molecule has 1 N–H and O–H groups in total. The Morgan fingerprint density at radius 2 is 2.42 bits per heavy atom. The number of ether oxygens (including phenoxy) is 1. The Morgan fingerprint density at radius 3 is 3.11 bits per heavy atom. The lowest BCUT2D eigenvalue weighted by Crippen LogP contribution is -2.25. The van der Waals surface area contributed by atoms with E-state index < -0.39 is 0 Å². The lowest BCUT2D eigenvalue weighted by molar-refractivity contribution is 0.163. The summed E-state index contributed by atoms with van der Waals surface area (Å²) in [5.74, 6) is 4.77. The molecule has 2 unspecified atom stereocenters. The van der Waals surface area contributed by atoms with Gasteiger partial charge in [-0.05, 0) is 13.8 Å². The van der Waals surface area contributed by atoms with Crippen LogP contribution in [-0.4, -0.2) is 52.3 Å². The fourth-order valence-corrected chi connectivity index (χ4v) is 4.78. The lowest BCUT2D eigenvalue weighted by atomic mass is 10.3. The molecule has 0 amide bonds. The predicted molar refractivity (Wildman–Crippen MR) is 85.6 cm³/mol. The van der Waals surface area contributed by atoms with Crippen LogP contribution in [-0.2, 0) is 4.74 Å². The summed E-state index contributed by atoms with van der Waals surface area (Å²) in [6, 6.07) is 0.307. The minimum atomic E-state index is 0.307. The molecule has 1 aromatic rings. The Hall–Kier alpha value is -0.330. The molecule has 4 nitrogen and oxygen atoms in total. The summed E-state index contributed by atoms with van der Waals surface area (Å²) in [4.78, 5) is 4.58. The second kappa shape index (κ2) is 7.45. The molecule has 1 saturated heterocycles. The third kappa shape index (κ3) is 4.33. The van der Waals surface area contributed by atoms with Gasteiger partial charge in [-0.1, -0.05) is 0 Å². The summed E-state index contributed by atoms with van der Waals surface area (Å²) in [5, 5.41) is 4.20. The van der Waals surface area contributed by atoms with Crippen molar-refractivity contribution in [2.45, 2.75) is 25.1 Å². The molecule has 1 aliphatic heterocycles. The van der Waals surface area contributed by atoms with Crippen molar-refractivity contribution in [2.24, 2.45) is 0 Å². The Balaban J connectivity index is 1.94. The standard InChI is InChI=1S/C13H23N3OS2/c1-10-7-16(11(2)8-17-3)13(15-10)14-6-12-9-18-4-5-19-12/h7,11-12H,4-6,8-9H2,1-3H3,(H,14,15). The van der Waals surface area contributed by atoms with Crippen molar-refractivity contribution in [1.29, 1.82) is 0 Å². The van der Waals surface area contributed by atoms with Gasteiger partial charge in [-0.25, -0.2) is 4.98 Å². The summed E-state index contributed by atoms with van der Waals surface area (Å²) < 4.78 is 7.41. The van der Waals surface area contributed by atoms with Crippen LogP contribution >= 0.6 is 23.5 Å². The molecule has 1 aromatic heterocycles. The van der Waals surface area contributed by atoms with Crippen LogP contribution in [0.4, 0.5) is 5.95 Å². The SMILES string of the molecule is COCC(C)n1cc(C)nc1NCC1CSCCS1. The number of hydrogen-bond acceptors (Lipinski definition) is 5. The Kier molecular flexibility index (Phi) is 5.91. The Bertz CT molecular complexity index is 391. The van der Waals surface area contributed by atoms with Crippen LogP contribution in [0, 0.1) is 6.92 Å². The first-order chi connectivity index (χ1) is 9.20. The van der Waals surface area contributed by atoms with Crippen molar-refractivity contribution in [1.82, 2.24) is 9.55 Å². The molecule has 0 saturated carbocycles. The van der Waals surface area contributed by atoms with Crippen LogP contribution in [0.15, 0.2) is 6.20 Å². The Morgan fingerprint density at radius 1 is 1.58 bits per heavy atom. The second-order valence-corrected chi connectivity index (χ2v) is 7.42. The quantitative estimate of drug-likeness (QED) is 0.874. The molecule has 2 rings (SSSR count). The number of nitrogens with zero attached hydrogens (tertiary/aromatic N) is 2. The van der Waals surface area contributed by atoms with Crippen molar-refractivity contribution in [3.05, 3.63) is 11.9 Å². The maximum atomic E-state index is 5.23. The first-order valence-electron chi connectivity index (χ1n) is 6.68. The minimum Gasteiger partial charge on any atom is -0.383 e. The molecule has 1 fully saturated rings. The first-order valence-corrected chi connectivity index (χ1v) is 8.88. The van der Waals surface area contributed by atoms with Gasteiger partial charge in [0.25, 0.3) is 0 Å². The average molecular weight is 301 g/mol. The number of thioether (sulfide) groups is 2. The summed E-state index contributed by atoms with van der Waals surface area (Å²) in [6.45, 7) is 5.89. The molecule has 0 spiro atoms. The zero-order valence-corrected chi connectivity index (χ0v) is 13.5. The molecule has 19 heavy (non-hydrogen) atoms. The number of aryl methyl sites for hydroxylation is 1. The van der Waals surface area contributed by atoms with Gasteiger partial charge in [0, 0.05) is 42.4 Å². The zero-order chi connectivity index (χ0) is 13.7. The van der Waals surface area contributed by atoms with Crippen molar-refractivity contribution in [3.63, 3.8) is 0 Å². The molecule has 1 aliphatic rings. The second-order valence-electron chi connectivity index (χ2n) is 4.87. The van der Waals surface area contributed by atoms with Gasteiger partial charge in [-0.2, -0.15) is 23.5 Å². The number of anilines is 1. The summed E-state index contributed by atoms with van der Waals surface area (Å²) in [6.07, 6.45) is 2.09. The number of aromatic nitrogens is 2. The molecule has 108 valence electrons. The molecule has 0 radical (unpaired) electrons. The van der Waals surface area contributed by atoms with Crippen LogP contribution in [0.1, 0.15) is 18.7 Å². The highest BCUT2D eigenvalue weighted by atomic mass is 32.2. The molecule has 2 atom stereocenters. The fourth-order valence-electron chi connectivity index (χ4n) is 2.16. The van der Waals surface area contributed by atoms with E-state index in [4.69, 9.17) is 4.74 Å². The van der Waals surface area contributed by atoms with E-state index in [-0.39, 0.29) is 0 Å². The Labute approximate surface area is 124 Å². The van der Waals surface area contributed by atoms with Crippen LogP contribution in [0.25, 0.3) is 0 Å². The van der Waals surface area contributed by atoms with Gasteiger partial charge >= 0.3 is 0 Å². The minimum absolute atomic E-state index is 0.307. The van der Waals surface area contributed by atoms with E-state index in [1.54, 1.807) is 7.11 Å². The number of hydrogen-bond donors (Lipinski definition) is 1. The van der Waals surface area contributed by atoms with E-state index >= 15 is 0 Å². The lowest BCUT2D eigenvalue weighted by Gasteiger charge is -2.22. The van der Waals surface area contributed by atoms with E-state index in [9.17, 15) is 0 Å². The van der Waals surface area contributed by atoms with Gasteiger partial charge in [0.05, 0.1) is 18.3 Å². The fraction of sp³-hybridized carbons (Fsp3) is 0.769. The van der Waals surface area contributed by atoms with Crippen LogP contribution in [0.3, 0.4) is 0 Å². The number of methoxy groups -OCH3 is 1. The van der Waals surface area contributed by atoms with Gasteiger partial charge in [0.2, 0.25) is 5.95 Å². The summed E-state index contributed by atoms with van der Waals surface area (Å²) >= 11 is 4.12. The smallest absolute Gasteiger partial charge is 0.203 e. The largest absolute Gasteiger partial charge is 0.383 e. The number of imidazole rings is 1. The van der Waals surface area contributed by atoms with Crippen LogP contribution < -0.4 is 5.32 Å². The monoisotopic (exact) mass is 301 g/mol. The third-order valence-corrected chi connectivity index (χ3v) is 5.95. The first kappa shape index (κ1) is 15.1. The van der Waals surface area contributed by atoms with E-state index in [0.29, 0.717) is 17.9 Å². The van der Waals surface area contributed by atoms with E-state index in [0.717, 1.165) is 18.2 Å². The zero-order valence-electron chi connectivity index (χ0n) is 11.9. The summed E-state index contributed by atoms with van der Waals surface area (Å²) in [7, 11) is 1.74. The highest BCUT2D eigenvalue weighted by molar-refractivity contribution is 8.06. The molecule has 6 heteroatoms. The van der Waals surface area contributed by atoms with E-state index in [2.05, 4.69) is 51.5 Å². The van der Waals surface area contributed by atoms with Gasteiger partial charge in [-0.3, -0.25) is 0 Å². The predicted octanol–water partition coefficient (Wildman–Crippen LogP) is 2.66. The molecule has 0 aliphatic carbocycles. The number of rotatable bonds is 6. The average Bonchev–Trinajstić information content (AvgIpc) is 2.79.